The van der Waals surface area contributed by atoms with Crippen LogP contribution in [0.25, 0.3) is 10.8 Å². The molecular formula is C29H24ClN11O19S6. The van der Waals surface area contributed by atoms with Crippen molar-refractivity contribution in [3.63, 3.8) is 0 Å². The summed E-state index contributed by atoms with van der Waals surface area (Å²) in [7, 11) is -30.7. The molecule has 66 heavy (non-hydrogen) atoms. The van der Waals surface area contributed by atoms with Crippen molar-refractivity contribution in [2.75, 3.05) is 34.2 Å². The largest absolute Gasteiger partial charge is 0.505 e. The molecule has 0 fully saturated rings. The Morgan fingerprint density at radius 1 is 0.667 bits per heavy atom. The number of nitrogens with one attached hydrogen (secondary N) is 3. The number of benzene rings is 4. The second-order valence-electron chi connectivity index (χ2n) is 12.4. The maximum atomic E-state index is 12.8. The van der Waals surface area contributed by atoms with Gasteiger partial charge in [0.05, 0.1) is 22.9 Å². The van der Waals surface area contributed by atoms with Crippen LogP contribution in [-0.2, 0) is 64.9 Å². The summed E-state index contributed by atoms with van der Waals surface area (Å²) in [5, 5.41) is 40.5. The number of nitrogens with zero attached hydrogens (tertiary/aromatic N) is 8. The average Bonchev–Trinajstić information content (AvgIpc) is 3.16. The third-order valence-electron chi connectivity index (χ3n) is 7.87. The second-order valence-corrected chi connectivity index (χ2v) is 21.5. The summed E-state index contributed by atoms with van der Waals surface area (Å²) in [6.45, 7) is -1.13. The van der Waals surface area contributed by atoms with Crippen LogP contribution >= 0.6 is 11.6 Å². The molecule has 0 aliphatic heterocycles. The first-order valence-electron chi connectivity index (χ1n) is 16.6. The lowest BCUT2D eigenvalue weighted by Gasteiger charge is -2.14. The molecule has 30 nitrogen and oxygen atoms in total. The molecule has 0 bridgehead atoms. The fourth-order valence-electron chi connectivity index (χ4n) is 5.20. The molecule has 352 valence electrons. The lowest BCUT2D eigenvalue weighted by atomic mass is 10.1. The van der Waals surface area contributed by atoms with Crippen molar-refractivity contribution in [3.05, 3.63) is 59.9 Å². The van der Waals surface area contributed by atoms with Gasteiger partial charge in [0.1, 0.15) is 43.3 Å². The van der Waals surface area contributed by atoms with Crippen LogP contribution in [0, 0.1) is 11.5 Å². The molecule has 5 aromatic rings. The topological polar surface area (TPSA) is 483 Å². The Balaban J connectivity index is 1.70. The molecule has 0 amide bonds. The summed E-state index contributed by atoms with van der Waals surface area (Å²) in [5.74, 6) is -4.26. The first-order chi connectivity index (χ1) is 30.4. The van der Waals surface area contributed by atoms with Crippen LogP contribution in [0.15, 0.2) is 94.6 Å². The average molecular weight is 1060 g/mol. The summed E-state index contributed by atoms with van der Waals surface area (Å²) in [4.78, 5) is 6.88. The number of hydrogen-bond donors (Lipinski definition) is 9. The highest BCUT2D eigenvalue weighted by Crippen LogP contribution is 2.47. The predicted molar refractivity (Wildman–Crippen MR) is 223 cm³/mol. The smallest absolute Gasteiger partial charge is 0.397 e. The number of halogens is 1. The van der Waals surface area contributed by atoms with Crippen LogP contribution < -0.4 is 16.0 Å². The quantitative estimate of drug-likeness (QED) is 0.0262. The van der Waals surface area contributed by atoms with E-state index in [2.05, 4.69) is 55.5 Å². The van der Waals surface area contributed by atoms with Gasteiger partial charge in [-0.05, 0) is 66.2 Å². The molecular weight excluding hydrogens is 1030 g/mol. The summed E-state index contributed by atoms with van der Waals surface area (Å²) >= 11 is 5.84. The highest BCUT2D eigenvalue weighted by Gasteiger charge is 2.27. The fourth-order valence-corrected chi connectivity index (χ4v) is 9.19. The van der Waals surface area contributed by atoms with E-state index in [1.807, 2.05) is 0 Å². The number of phenolic OH excluding ortho intramolecular Hbond substituents is 1. The number of nitriles is 1. The predicted octanol–water partition coefficient (Wildman–Crippen LogP) is 3.44. The molecule has 5 rings (SSSR count). The summed E-state index contributed by atoms with van der Waals surface area (Å²) in [6.07, 6.45) is 1.55. The number of rotatable bonds is 18. The van der Waals surface area contributed by atoms with E-state index in [-0.39, 0.29) is 17.6 Å². The van der Waals surface area contributed by atoms with Gasteiger partial charge in [0.25, 0.3) is 40.5 Å². The van der Waals surface area contributed by atoms with Gasteiger partial charge in [-0.2, -0.15) is 62.3 Å². The molecule has 0 spiro atoms. The third kappa shape index (κ3) is 13.0. The minimum Gasteiger partial charge on any atom is -0.505 e. The van der Waals surface area contributed by atoms with Gasteiger partial charge in [0.2, 0.25) is 17.2 Å². The zero-order valence-electron chi connectivity index (χ0n) is 31.7. The van der Waals surface area contributed by atoms with E-state index in [4.69, 9.17) is 21.4 Å². The molecule has 0 saturated heterocycles. The van der Waals surface area contributed by atoms with Crippen LogP contribution in [0.4, 0.5) is 46.0 Å². The van der Waals surface area contributed by atoms with Crippen LogP contribution in [0.3, 0.4) is 0 Å². The fraction of sp³-hybridized carbons (Fsp3) is 0.103. The van der Waals surface area contributed by atoms with Crippen molar-refractivity contribution in [2.45, 2.75) is 19.6 Å². The molecule has 37 heteroatoms. The zero-order valence-corrected chi connectivity index (χ0v) is 37.4. The second kappa shape index (κ2) is 18.9. The van der Waals surface area contributed by atoms with Crippen molar-refractivity contribution in [1.29, 1.82) is 5.26 Å². The number of fused-ring (bicyclic) bond motifs is 1. The van der Waals surface area contributed by atoms with Crippen molar-refractivity contribution in [1.82, 2.24) is 15.0 Å². The third-order valence-corrected chi connectivity index (χ3v) is 13.3. The van der Waals surface area contributed by atoms with Gasteiger partial charge in [-0.25, -0.2) is 12.6 Å². The SMILES string of the molecule is N#CNc1nc(Cl)nc(Nc2ccc(S(=O)(=O)O)c(N=Nc3c(S(=O)(=O)O)cc4c(N=Nc5ccc(S(=O)(=O)CCOS(=O)(=O)O)cc5S(=O)(=O)O)c(NCS(=O)(=O)O)ccc4c3O)c2)n1. The van der Waals surface area contributed by atoms with E-state index >= 15 is 0 Å². The maximum absolute atomic E-state index is 12.8. The molecule has 0 atom stereocenters. The van der Waals surface area contributed by atoms with E-state index in [0.717, 1.165) is 30.3 Å². The number of phenols is 1. The van der Waals surface area contributed by atoms with Gasteiger partial charge in [-0.15, -0.1) is 20.5 Å². The minimum absolute atomic E-state index is 0.113. The van der Waals surface area contributed by atoms with E-state index in [9.17, 15) is 73.8 Å². The minimum atomic E-state index is -5.56. The standard InChI is InChI=1S/C29H24ClN11O19S6/c30-27-35-28(32-12-31)37-29(36-27)34-14-1-6-21(63(48,49)50)20(9-14)39-41-25-23(65(54,55)56)11-17-16(26(25)42)3-5-19(33-13-62(45,46)47)24(17)40-38-18-4-2-15(10-22(18)64(51,52)53)61(43,44)8-7-60-66(57,58)59/h1-6,9-11,33,42H,7-8,13H2,(H,45,46,47)(H,48,49,50)(H,51,52,53)(H,54,55,56)(H,57,58,59)(H2,32,34,35,36,37). The van der Waals surface area contributed by atoms with Gasteiger partial charge < -0.3 is 15.7 Å². The molecule has 0 radical (unpaired) electrons. The molecule has 0 aliphatic carbocycles. The first-order valence-corrected chi connectivity index (χ1v) is 25.9. The Labute approximate surface area is 376 Å². The Morgan fingerprint density at radius 2 is 1.29 bits per heavy atom. The number of azo groups is 2. The van der Waals surface area contributed by atoms with E-state index < -0.39 is 149 Å². The number of hydrogen-bond acceptors (Lipinski definition) is 25. The number of anilines is 4. The van der Waals surface area contributed by atoms with Crippen molar-refractivity contribution in [2.24, 2.45) is 20.5 Å². The van der Waals surface area contributed by atoms with Gasteiger partial charge in [0.15, 0.2) is 21.8 Å². The Kier molecular flexibility index (Phi) is 14.6. The van der Waals surface area contributed by atoms with Crippen molar-refractivity contribution < 1.29 is 82.6 Å². The van der Waals surface area contributed by atoms with Crippen LogP contribution in [0.1, 0.15) is 0 Å². The van der Waals surface area contributed by atoms with E-state index in [1.54, 1.807) is 6.19 Å². The van der Waals surface area contributed by atoms with Crippen LogP contribution in [0.2, 0.25) is 5.28 Å². The molecule has 0 unspecified atom stereocenters. The molecule has 0 aliphatic rings. The van der Waals surface area contributed by atoms with Gasteiger partial charge >= 0.3 is 10.4 Å². The Bertz CT molecular complexity index is 3610. The highest BCUT2D eigenvalue weighted by molar-refractivity contribution is 7.91. The number of aromatic nitrogens is 3. The molecule has 4 aromatic carbocycles. The first kappa shape index (κ1) is 50.8. The van der Waals surface area contributed by atoms with Crippen molar-refractivity contribution >= 4 is 129 Å². The Morgan fingerprint density at radius 3 is 1.89 bits per heavy atom. The molecule has 1 heterocycles. The van der Waals surface area contributed by atoms with Crippen molar-refractivity contribution in [3.8, 4) is 11.9 Å². The number of aromatic hydroxyl groups is 1. The molecule has 0 saturated carbocycles. The highest BCUT2D eigenvalue weighted by atomic mass is 35.5. The summed E-state index contributed by atoms with van der Waals surface area (Å²) in [6, 6.07) is 6.90. The van der Waals surface area contributed by atoms with Gasteiger partial charge in [0, 0.05) is 16.5 Å². The lowest BCUT2D eigenvalue weighted by Crippen LogP contribution is -2.16. The van der Waals surface area contributed by atoms with Crippen LogP contribution in [-0.4, -0.2) is 112 Å². The number of sulfone groups is 1. The Hall–Kier alpha value is -6.21. The normalized spacial score (nSPS) is 13.0. The van der Waals surface area contributed by atoms with E-state index in [1.165, 1.54) is 0 Å². The lowest BCUT2D eigenvalue weighted by molar-refractivity contribution is 0.284. The zero-order chi connectivity index (χ0) is 49.2. The van der Waals surface area contributed by atoms with Gasteiger partial charge in [-0.3, -0.25) is 28.1 Å². The molecule has 1 aromatic heterocycles. The molecule has 9 N–H and O–H groups in total. The monoisotopic (exact) mass is 1060 g/mol. The van der Waals surface area contributed by atoms with Gasteiger partial charge in [-0.1, -0.05) is 0 Å². The maximum Gasteiger partial charge on any atom is 0.397 e. The van der Waals surface area contributed by atoms with E-state index in [0.29, 0.717) is 24.3 Å². The summed E-state index contributed by atoms with van der Waals surface area (Å²) in [5.41, 5.74) is -4.06. The summed E-state index contributed by atoms with van der Waals surface area (Å²) < 4.78 is 198. The van der Waals surface area contributed by atoms with Crippen LogP contribution in [0.5, 0.6) is 5.75 Å².